The summed E-state index contributed by atoms with van der Waals surface area (Å²) in [5.74, 6) is -0.0621. The Morgan fingerprint density at radius 3 is 2.43 bits per heavy atom. The smallest absolute Gasteiger partial charge is 0.260 e. The highest BCUT2D eigenvalue weighted by Gasteiger charge is 2.49. The first kappa shape index (κ1) is 15.0. The van der Waals surface area contributed by atoms with Gasteiger partial charge in [0.15, 0.2) is 5.54 Å². The van der Waals surface area contributed by atoms with Crippen LogP contribution in [0.4, 0.5) is 5.69 Å². The Morgan fingerprint density at radius 2 is 1.74 bits per heavy atom. The molecule has 1 unspecified atom stereocenters. The van der Waals surface area contributed by atoms with Gasteiger partial charge in [-0.2, -0.15) is 0 Å². The van der Waals surface area contributed by atoms with Crippen molar-refractivity contribution in [3.63, 3.8) is 0 Å². The number of carbonyl (C=O) groups excluding carboxylic acids is 1. The number of nitrogens with one attached hydrogen (secondary N) is 1. The Hall–Kier alpha value is -2.88. The van der Waals surface area contributed by atoms with E-state index in [9.17, 15) is 4.79 Å². The number of benzene rings is 2. The quantitative estimate of drug-likeness (QED) is 0.780. The summed E-state index contributed by atoms with van der Waals surface area (Å²) in [6, 6.07) is 17.6. The molecule has 1 aliphatic heterocycles. The van der Waals surface area contributed by atoms with Crippen LogP contribution >= 0.6 is 0 Å². The van der Waals surface area contributed by atoms with Gasteiger partial charge in [0, 0.05) is 25.1 Å². The van der Waals surface area contributed by atoms with Crippen LogP contribution in [0.2, 0.25) is 0 Å². The number of para-hydroxylation sites is 1. The van der Waals surface area contributed by atoms with E-state index in [1.54, 1.807) is 12.5 Å². The predicted molar refractivity (Wildman–Crippen MR) is 93.4 cm³/mol. The van der Waals surface area contributed by atoms with Gasteiger partial charge in [0.1, 0.15) is 0 Å². The van der Waals surface area contributed by atoms with E-state index >= 15 is 0 Å². The lowest BCUT2D eigenvalue weighted by atomic mass is 9.83. The Balaban J connectivity index is 0.000000670. The highest BCUT2D eigenvalue weighted by atomic mass is 16.2. The van der Waals surface area contributed by atoms with E-state index in [1.807, 2.05) is 79.2 Å². The summed E-state index contributed by atoms with van der Waals surface area (Å²) in [7, 11) is 0. The fraction of sp³-hybridized carbons (Fsp3) is 0.158. The molecule has 1 atom stereocenters. The molecule has 2 heterocycles. The van der Waals surface area contributed by atoms with Crippen LogP contribution in [0.3, 0.4) is 0 Å². The van der Waals surface area contributed by atoms with Crippen molar-refractivity contribution < 1.29 is 6.22 Å². The Labute approximate surface area is 137 Å². The first-order valence-electron chi connectivity index (χ1n) is 7.78. The first-order chi connectivity index (χ1) is 11.3. The molecule has 0 fully saturated rings. The van der Waals surface area contributed by atoms with E-state index < -0.39 is 5.54 Å². The van der Waals surface area contributed by atoms with Crippen LogP contribution in [-0.4, -0.2) is 15.5 Å². The first-order valence-corrected chi connectivity index (χ1v) is 7.78. The van der Waals surface area contributed by atoms with Gasteiger partial charge in [-0.15, -0.1) is 0 Å². The third-order valence-electron chi connectivity index (χ3n) is 3.98. The Bertz CT molecular complexity index is 802. The maximum Gasteiger partial charge on any atom is 0.260 e. The van der Waals surface area contributed by atoms with Gasteiger partial charge in [0.05, 0.1) is 6.33 Å². The lowest BCUT2D eigenvalue weighted by Gasteiger charge is -2.29. The molecule has 118 valence electrons. The number of imidazole rings is 1. The van der Waals surface area contributed by atoms with Gasteiger partial charge in [0.25, 0.3) is 5.91 Å². The van der Waals surface area contributed by atoms with Gasteiger partial charge in [-0.1, -0.05) is 62.4 Å². The molecule has 4 heteroatoms. The lowest BCUT2D eigenvalue weighted by molar-refractivity contribution is -0.120. The molecular weight excluding hydrogens is 286 g/mol. The normalized spacial score (nSPS) is 18.6. The molecule has 4 nitrogen and oxygen atoms in total. The fourth-order valence-electron chi connectivity index (χ4n) is 3.07. The van der Waals surface area contributed by atoms with E-state index in [2.05, 4.69) is 10.3 Å². The minimum absolute atomic E-state index is 0. The van der Waals surface area contributed by atoms with Gasteiger partial charge in [-0.05, 0) is 11.6 Å². The standard InChI is InChI=1S/C17H13N3O.C2H6.H2/c21-16-17(20-11-10-18-12-20,13-6-2-1-3-7-13)14-8-4-5-9-15(14)19-16;1-2;/h1-12H,(H,19,21);1-2H3;1H. The van der Waals surface area contributed by atoms with Crippen molar-refractivity contribution in [3.8, 4) is 0 Å². The molecule has 2 aromatic carbocycles. The van der Waals surface area contributed by atoms with E-state index in [4.69, 9.17) is 0 Å². The SMILES string of the molecule is CC.O=C1Nc2ccccc2C1(c1ccccc1)n1ccnc1.[HH]. The topological polar surface area (TPSA) is 46.9 Å². The number of aromatic nitrogens is 2. The fourth-order valence-corrected chi connectivity index (χ4v) is 3.07. The van der Waals surface area contributed by atoms with Crippen LogP contribution in [-0.2, 0) is 10.3 Å². The lowest BCUT2D eigenvalue weighted by Crippen LogP contribution is -2.42. The van der Waals surface area contributed by atoms with Gasteiger partial charge in [0.2, 0.25) is 0 Å². The number of fused-ring (bicyclic) bond motifs is 1. The second kappa shape index (κ2) is 6.08. The third kappa shape index (κ3) is 2.14. The largest absolute Gasteiger partial charge is 0.323 e. The second-order valence-corrected chi connectivity index (χ2v) is 5.05. The van der Waals surface area contributed by atoms with Crippen molar-refractivity contribution >= 4 is 11.6 Å². The van der Waals surface area contributed by atoms with E-state index in [0.717, 1.165) is 16.8 Å². The number of rotatable bonds is 2. The summed E-state index contributed by atoms with van der Waals surface area (Å²) >= 11 is 0. The summed E-state index contributed by atoms with van der Waals surface area (Å²) in [6.45, 7) is 4.00. The van der Waals surface area contributed by atoms with Crippen LogP contribution in [0.5, 0.6) is 0 Å². The zero-order valence-corrected chi connectivity index (χ0v) is 13.2. The maximum atomic E-state index is 12.9. The molecule has 0 saturated carbocycles. The zero-order chi connectivity index (χ0) is 16.3. The summed E-state index contributed by atoms with van der Waals surface area (Å²) in [4.78, 5) is 17.0. The van der Waals surface area contributed by atoms with Crippen molar-refractivity contribution in [1.29, 1.82) is 0 Å². The molecule has 0 saturated heterocycles. The van der Waals surface area contributed by atoms with Crippen molar-refractivity contribution in [1.82, 2.24) is 9.55 Å². The summed E-state index contributed by atoms with van der Waals surface area (Å²) in [6.07, 6.45) is 5.21. The molecule has 3 aromatic rings. The van der Waals surface area contributed by atoms with Crippen LogP contribution in [0.25, 0.3) is 0 Å². The maximum absolute atomic E-state index is 12.9. The van der Waals surface area contributed by atoms with Crippen LogP contribution in [0, 0.1) is 0 Å². The molecule has 0 radical (unpaired) electrons. The number of hydrogen-bond donors (Lipinski definition) is 1. The number of nitrogens with zero attached hydrogens (tertiary/aromatic N) is 2. The minimum Gasteiger partial charge on any atom is -0.323 e. The number of amides is 1. The zero-order valence-electron chi connectivity index (χ0n) is 13.2. The summed E-state index contributed by atoms with van der Waals surface area (Å²) in [5.41, 5.74) is 1.82. The van der Waals surface area contributed by atoms with E-state index in [0.29, 0.717) is 0 Å². The van der Waals surface area contributed by atoms with Gasteiger partial charge in [-0.3, -0.25) is 4.79 Å². The molecular formula is C19H21N3O. The average molecular weight is 307 g/mol. The van der Waals surface area contributed by atoms with Gasteiger partial charge < -0.3 is 9.88 Å². The van der Waals surface area contributed by atoms with Gasteiger partial charge in [-0.25, -0.2) is 4.98 Å². The molecule has 1 aromatic heterocycles. The van der Waals surface area contributed by atoms with Gasteiger partial charge >= 0.3 is 0 Å². The second-order valence-electron chi connectivity index (χ2n) is 5.05. The molecule has 0 bridgehead atoms. The Morgan fingerprint density at radius 1 is 1.04 bits per heavy atom. The average Bonchev–Trinajstić information content (AvgIpc) is 3.23. The van der Waals surface area contributed by atoms with Crippen molar-refractivity contribution in [3.05, 3.63) is 84.4 Å². The molecule has 1 amide bonds. The van der Waals surface area contributed by atoms with Crippen molar-refractivity contribution in [2.75, 3.05) is 5.32 Å². The summed E-state index contributed by atoms with van der Waals surface area (Å²) < 4.78 is 1.86. The molecule has 0 aliphatic carbocycles. The highest BCUT2D eigenvalue weighted by molar-refractivity contribution is 6.08. The Kier molecular flexibility index (Phi) is 3.98. The molecule has 23 heavy (non-hydrogen) atoms. The molecule has 1 N–H and O–H groups in total. The minimum atomic E-state index is -0.894. The number of anilines is 1. The molecule has 0 spiro atoms. The monoisotopic (exact) mass is 307 g/mol. The van der Waals surface area contributed by atoms with E-state index in [-0.39, 0.29) is 7.33 Å². The summed E-state index contributed by atoms with van der Waals surface area (Å²) in [5, 5.41) is 2.99. The molecule has 1 aliphatic rings. The van der Waals surface area contributed by atoms with E-state index in [1.165, 1.54) is 0 Å². The number of hydrogen-bond acceptors (Lipinski definition) is 2. The predicted octanol–water partition coefficient (Wildman–Crippen LogP) is 3.90. The van der Waals surface area contributed by atoms with Crippen LogP contribution < -0.4 is 5.32 Å². The molecule has 4 rings (SSSR count). The van der Waals surface area contributed by atoms with Crippen molar-refractivity contribution in [2.24, 2.45) is 0 Å². The van der Waals surface area contributed by atoms with Crippen LogP contribution in [0.1, 0.15) is 26.4 Å². The third-order valence-corrected chi connectivity index (χ3v) is 3.98. The highest BCUT2D eigenvalue weighted by Crippen LogP contribution is 2.43. The number of carbonyl (C=O) groups is 1. The van der Waals surface area contributed by atoms with Crippen molar-refractivity contribution in [2.45, 2.75) is 19.4 Å². The van der Waals surface area contributed by atoms with Crippen LogP contribution in [0.15, 0.2) is 73.3 Å².